The van der Waals surface area contributed by atoms with Crippen LogP contribution in [0.15, 0.2) is 48.5 Å². The Morgan fingerprint density at radius 2 is 1.26 bits per heavy atom. The third-order valence-corrected chi connectivity index (χ3v) is 3.37. The van der Waals surface area contributed by atoms with Gasteiger partial charge in [-0.15, -0.1) is 0 Å². The Morgan fingerprint density at radius 3 is 1.74 bits per heavy atom. The predicted molar refractivity (Wildman–Crippen MR) is 81.2 cm³/mol. The Balaban J connectivity index is 2.15. The van der Waals surface area contributed by atoms with E-state index >= 15 is 0 Å². The topological polar surface area (TPSA) is 9.23 Å². The van der Waals surface area contributed by atoms with E-state index in [9.17, 15) is 0 Å². The fourth-order valence-electron chi connectivity index (χ4n) is 2.05. The lowest BCUT2D eigenvalue weighted by Gasteiger charge is -2.14. The lowest BCUT2D eigenvalue weighted by Crippen LogP contribution is -2.05. The number of hydrogen-bond donors (Lipinski definition) is 0. The van der Waals surface area contributed by atoms with Gasteiger partial charge in [-0.05, 0) is 49.2 Å². The number of ether oxygens (including phenoxy) is 1. The molecule has 19 heavy (non-hydrogen) atoms. The molecular weight excluding hydrogens is 256 g/mol. The first-order valence-corrected chi connectivity index (χ1v) is 6.96. The maximum atomic E-state index is 5.92. The minimum Gasteiger partial charge on any atom is -0.491 e. The summed E-state index contributed by atoms with van der Waals surface area (Å²) < 4.78 is 5.65. The van der Waals surface area contributed by atoms with Crippen molar-refractivity contribution < 1.29 is 4.74 Å². The van der Waals surface area contributed by atoms with Gasteiger partial charge in [-0.1, -0.05) is 42.8 Å². The molecule has 0 radical (unpaired) electrons. The molecule has 0 heterocycles. The summed E-state index contributed by atoms with van der Waals surface area (Å²) in [6, 6.07) is 16.3. The Morgan fingerprint density at radius 1 is 0.789 bits per heavy atom. The van der Waals surface area contributed by atoms with Crippen LogP contribution >= 0.6 is 11.6 Å². The van der Waals surface area contributed by atoms with Crippen molar-refractivity contribution in [2.75, 3.05) is 0 Å². The maximum absolute atomic E-state index is 5.92. The summed E-state index contributed by atoms with van der Waals surface area (Å²) in [7, 11) is 0. The van der Waals surface area contributed by atoms with Crippen LogP contribution in [0.5, 0.6) is 5.75 Å². The van der Waals surface area contributed by atoms with Crippen molar-refractivity contribution in [2.45, 2.75) is 32.8 Å². The highest BCUT2D eigenvalue weighted by molar-refractivity contribution is 6.30. The molecule has 0 aromatic heterocycles. The van der Waals surface area contributed by atoms with Crippen LogP contribution in [-0.2, 0) is 0 Å². The molecule has 1 nitrogen and oxygen atoms in total. The normalized spacial score (nSPS) is 12.5. The first kappa shape index (κ1) is 14.0. The standard InChI is InChI=1S/C17H19ClO/c1-12(2)19-17-10-6-15(7-11-17)13(3)14-4-8-16(18)9-5-14/h4-13H,1-3H3. The monoisotopic (exact) mass is 274 g/mol. The summed E-state index contributed by atoms with van der Waals surface area (Å²) in [5, 5.41) is 0.775. The van der Waals surface area contributed by atoms with Crippen molar-refractivity contribution in [3.63, 3.8) is 0 Å². The molecule has 0 bridgehead atoms. The van der Waals surface area contributed by atoms with Gasteiger partial charge >= 0.3 is 0 Å². The Bertz CT molecular complexity index is 514. The van der Waals surface area contributed by atoms with Gasteiger partial charge in [0.2, 0.25) is 0 Å². The molecule has 100 valence electrons. The van der Waals surface area contributed by atoms with Gasteiger partial charge in [-0.25, -0.2) is 0 Å². The zero-order chi connectivity index (χ0) is 13.8. The number of rotatable bonds is 4. The van der Waals surface area contributed by atoms with Gasteiger partial charge in [0.1, 0.15) is 5.75 Å². The Hall–Kier alpha value is -1.47. The van der Waals surface area contributed by atoms with E-state index in [1.165, 1.54) is 11.1 Å². The molecule has 0 aliphatic heterocycles. The van der Waals surface area contributed by atoms with E-state index < -0.39 is 0 Å². The number of benzene rings is 2. The maximum Gasteiger partial charge on any atom is 0.119 e. The fraction of sp³-hybridized carbons (Fsp3) is 0.294. The van der Waals surface area contributed by atoms with Gasteiger partial charge in [0.25, 0.3) is 0 Å². The molecule has 1 atom stereocenters. The molecule has 0 amide bonds. The zero-order valence-corrected chi connectivity index (χ0v) is 12.3. The highest BCUT2D eigenvalue weighted by Gasteiger charge is 2.08. The van der Waals surface area contributed by atoms with Gasteiger partial charge in [0.05, 0.1) is 6.10 Å². The van der Waals surface area contributed by atoms with E-state index in [0.29, 0.717) is 5.92 Å². The second-order valence-electron chi connectivity index (χ2n) is 5.01. The second kappa shape index (κ2) is 6.12. The Kier molecular flexibility index (Phi) is 4.49. The molecule has 0 aliphatic rings. The molecule has 2 aromatic rings. The van der Waals surface area contributed by atoms with Crippen LogP contribution in [0.1, 0.15) is 37.8 Å². The minimum atomic E-state index is 0.208. The third kappa shape index (κ3) is 3.74. The SMILES string of the molecule is CC(C)Oc1ccc(C(C)c2ccc(Cl)cc2)cc1. The summed E-state index contributed by atoms with van der Waals surface area (Å²) in [5.41, 5.74) is 2.54. The summed E-state index contributed by atoms with van der Waals surface area (Å²) in [5.74, 6) is 1.27. The molecular formula is C17H19ClO. The van der Waals surface area contributed by atoms with Crippen LogP contribution in [-0.4, -0.2) is 6.10 Å². The van der Waals surface area contributed by atoms with Gasteiger partial charge in [0, 0.05) is 10.9 Å². The van der Waals surface area contributed by atoms with Crippen molar-refractivity contribution in [2.24, 2.45) is 0 Å². The van der Waals surface area contributed by atoms with Crippen molar-refractivity contribution in [3.8, 4) is 5.75 Å². The molecule has 2 rings (SSSR count). The van der Waals surface area contributed by atoms with Crippen LogP contribution in [0.25, 0.3) is 0 Å². The van der Waals surface area contributed by atoms with Crippen molar-refractivity contribution in [3.05, 3.63) is 64.7 Å². The summed E-state index contributed by atoms with van der Waals surface area (Å²) >= 11 is 5.92. The van der Waals surface area contributed by atoms with E-state index in [2.05, 4.69) is 31.2 Å². The molecule has 0 aliphatic carbocycles. The van der Waals surface area contributed by atoms with Gasteiger partial charge in [-0.3, -0.25) is 0 Å². The van der Waals surface area contributed by atoms with E-state index in [4.69, 9.17) is 16.3 Å². The smallest absolute Gasteiger partial charge is 0.119 e. The van der Waals surface area contributed by atoms with Crippen LogP contribution < -0.4 is 4.74 Å². The first-order valence-electron chi connectivity index (χ1n) is 6.58. The minimum absolute atomic E-state index is 0.208. The molecule has 0 spiro atoms. The Labute approximate surface area is 120 Å². The second-order valence-corrected chi connectivity index (χ2v) is 5.45. The van der Waals surface area contributed by atoms with Gasteiger partial charge < -0.3 is 4.74 Å². The molecule has 2 heteroatoms. The largest absolute Gasteiger partial charge is 0.491 e. The summed E-state index contributed by atoms with van der Waals surface area (Å²) in [4.78, 5) is 0. The molecule has 0 fully saturated rings. The van der Waals surface area contributed by atoms with Crippen LogP contribution in [0.3, 0.4) is 0 Å². The van der Waals surface area contributed by atoms with Gasteiger partial charge in [0.15, 0.2) is 0 Å². The van der Waals surface area contributed by atoms with Crippen LogP contribution in [0.2, 0.25) is 5.02 Å². The van der Waals surface area contributed by atoms with Crippen molar-refractivity contribution in [1.82, 2.24) is 0 Å². The lowest BCUT2D eigenvalue weighted by molar-refractivity contribution is 0.242. The first-order chi connectivity index (χ1) is 9.06. The number of hydrogen-bond acceptors (Lipinski definition) is 1. The van der Waals surface area contributed by atoms with Crippen molar-refractivity contribution >= 4 is 11.6 Å². The van der Waals surface area contributed by atoms with E-state index in [1.54, 1.807) is 0 Å². The van der Waals surface area contributed by atoms with Gasteiger partial charge in [-0.2, -0.15) is 0 Å². The zero-order valence-electron chi connectivity index (χ0n) is 11.6. The van der Waals surface area contributed by atoms with E-state index in [1.807, 2.05) is 38.1 Å². The molecule has 0 saturated carbocycles. The molecule has 0 saturated heterocycles. The quantitative estimate of drug-likeness (QED) is 0.737. The third-order valence-electron chi connectivity index (χ3n) is 3.12. The highest BCUT2D eigenvalue weighted by Crippen LogP contribution is 2.26. The van der Waals surface area contributed by atoms with Crippen molar-refractivity contribution in [1.29, 1.82) is 0 Å². The average Bonchev–Trinajstić information content (AvgIpc) is 2.39. The summed E-state index contributed by atoms with van der Waals surface area (Å²) in [6.45, 7) is 6.26. The van der Waals surface area contributed by atoms with Crippen LogP contribution in [0.4, 0.5) is 0 Å². The van der Waals surface area contributed by atoms with Crippen LogP contribution in [0, 0.1) is 0 Å². The van der Waals surface area contributed by atoms with E-state index in [-0.39, 0.29) is 6.10 Å². The fourth-order valence-corrected chi connectivity index (χ4v) is 2.18. The molecule has 0 N–H and O–H groups in total. The van der Waals surface area contributed by atoms with E-state index in [0.717, 1.165) is 10.8 Å². The number of halogens is 1. The summed E-state index contributed by atoms with van der Waals surface area (Å²) in [6.07, 6.45) is 0.208. The highest BCUT2D eigenvalue weighted by atomic mass is 35.5. The molecule has 1 unspecified atom stereocenters. The lowest BCUT2D eigenvalue weighted by atomic mass is 9.93. The molecule has 2 aromatic carbocycles. The average molecular weight is 275 g/mol. The predicted octanol–water partition coefficient (Wildman–Crippen LogP) is 5.28.